The first-order chi connectivity index (χ1) is 9.61. The number of nitrogens with one attached hydrogen (secondary N) is 2. The van der Waals surface area contributed by atoms with Gasteiger partial charge in [0.1, 0.15) is 11.9 Å². The molecule has 5 nitrogen and oxygen atoms in total. The van der Waals surface area contributed by atoms with Crippen molar-refractivity contribution in [1.29, 1.82) is 0 Å². The molecule has 2 aromatic rings. The van der Waals surface area contributed by atoms with Gasteiger partial charge >= 0.3 is 5.97 Å². The van der Waals surface area contributed by atoms with Gasteiger partial charge in [-0.15, -0.1) is 0 Å². The van der Waals surface area contributed by atoms with Crippen molar-refractivity contribution in [2.24, 2.45) is 0 Å². The number of carbonyl (C=O) groups is 1. The van der Waals surface area contributed by atoms with E-state index in [0.29, 0.717) is 17.6 Å². The van der Waals surface area contributed by atoms with Gasteiger partial charge in [0.15, 0.2) is 0 Å². The smallest absolute Gasteiger partial charge is 0.326 e. The molecular formula is C15H18N2O3. The number of carboxylic acids is 1. The number of unbranched alkanes of at least 4 members (excludes halogenated alkanes) is 1. The van der Waals surface area contributed by atoms with Gasteiger partial charge in [-0.1, -0.05) is 38.0 Å². The molecule has 0 radical (unpaired) electrons. The van der Waals surface area contributed by atoms with E-state index in [1.54, 1.807) is 18.2 Å². The number of aliphatic carboxylic acids is 1. The van der Waals surface area contributed by atoms with Crippen LogP contribution in [0.5, 0.6) is 0 Å². The van der Waals surface area contributed by atoms with Crippen LogP contribution in [-0.2, 0) is 4.79 Å². The van der Waals surface area contributed by atoms with Gasteiger partial charge in [-0.05, 0) is 23.9 Å². The van der Waals surface area contributed by atoms with E-state index in [4.69, 9.17) is 0 Å². The quantitative estimate of drug-likeness (QED) is 0.756. The Morgan fingerprint density at radius 1 is 1.40 bits per heavy atom. The molecular weight excluding hydrogens is 256 g/mol. The van der Waals surface area contributed by atoms with Crippen LogP contribution in [0.2, 0.25) is 0 Å². The molecule has 0 bridgehead atoms. The van der Waals surface area contributed by atoms with Crippen molar-refractivity contribution in [1.82, 2.24) is 4.98 Å². The predicted octanol–water partition coefficient (Wildman–Crippen LogP) is 2.58. The Morgan fingerprint density at radius 2 is 2.15 bits per heavy atom. The summed E-state index contributed by atoms with van der Waals surface area (Å²) < 4.78 is 0. The number of carboxylic acid groups (broad SMARTS) is 1. The molecule has 5 heteroatoms. The summed E-state index contributed by atoms with van der Waals surface area (Å²) in [6.45, 7) is 2.01. The highest BCUT2D eigenvalue weighted by Gasteiger charge is 2.17. The fourth-order valence-corrected chi connectivity index (χ4v) is 2.14. The lowest BCUT2D eigenvalue weighted by Crippen LogP contribution is -2.30. The third-order valence-electron chi connectivity index (χ3n) is 3.23. The highest BCUT2D eigenvalue weighted by atomic mass is 16.4. The zero-order valence-corrected chi connectivity index (χ0v) is 11.3. The molecule has 0 spiro atoms. The minimum Gasteiger partial charge on any atom is -0.480 e. The van der Waals surface area contributed by atoms with Crippen molar-refractivity contribution in [2.75, 3.05) is 5.32 Å². The van der Waals surface area contributed by atoms with Crippen LogP contribution in [0, 0.1) is 0 Å². The van der Waals surface area contributed by atoms with Crippen molar-refractivity contribution in [2.45, 2.75) is 32.2 Å². The lowest BCUT2D eigenvalue weighted by Gasteiger charge is -2.15. The molecule has 0 amide bonds. The second-order valence-electron chi connectivity index (χ2n) is 4.78. The predicted molar refractivity (Wildman–Crippen MR) is 79.1 cm³/mol. The van der Waals surface area contributed by atoms with E-state index in [2.05, 4.69) is 10.3 Å². The van der Waals surface area contributed by atoms with Gasteiger partial charge in [0.2, 0.25) is 0 Å². The third-order valence-corrected chi connectivity index (χ3v) is 3.23. The van der Waals surface area contributed by atoms with Crippen LogP contribution in [0.3, 0.4) is 0 Å². The van der Waals surface area contributed by atoms with Crippen molar-refractivity contribution in [3.8, 4) is 0 Å². The molecule has 1 aromatic carbocycles. The SMILES string of the molecule is CCCCC(Nc1cc2ccccc2c(=O)[nH]1)C(=O)O. The summed E-state index contributed by atoms with van der Waals surface area (Å²) in [5.74, 6) is -0.468. The largest absolute Gasteiger partial charge is 0.480 e. The maximum absolute atomic E-state index is 11.9. The maximum Gasteiger partial charge on any atom is 0.326 e. The molecule has 2 rings (SSSR count). The van der Waals surface area contributed by atoms with E-state index in [0.717, 1.165) is 18.2 Å². The highest BCUT2D eigenvalue weighted by molar-refractivity contribution is 5.84. The van der Waals surface area contributed by atoms with Crippen molar-refractivity contribution < 1.29 is 9.90 Å². The Balaban J connectivity index is 2.28. The summed E-state index contributed by atoms with van der Waals surface area (Å²) in [5, 5.41) is 13.5. The number of H-pyrrole nitrogens is 1. The van der Waals surface area contributed by atoms with Crippen molar-refractivity contribution in [3.63, 3.8) is 0 Å². The van der Waals surface area contributed by atoms with Gasteiger partial charge in [-0.3, -0.25) is 4.79 Å². The van der Waals surface area contributed by atoms with E-state index in [1.165, 1.54) is 0 Å². The Hall–Kier alpha value is -2.30. The lowest BCUT2D eigenvalue weighted by molar-refractivity contribution is -0.138. The first-order valence-electron chi connectivity index (χ1n) is 6.73. The fourth-order valence-electron chi connectivity index (χ4n) is 2.14. The van der Waals surface area contributed by atoms with Crippen LogP contribution in [0.1, 0.15) is 26.2 Å². The Bertz CT molecular complexity index is 663. The Morgan fingerprint density at radius 3 is 2.85 bits per heavy atom. The summed E-state index contributed by atoms with van der Waals surface area (Å²) in [4.78, 5) is 25.8. The molecule has 1 heterocycles. The summed E-state index contributed by atoms with van der Waals surface area (Å²) in [6, 6.07) is 8.29. The second-order valence-corrected chi connectivity index (χ2v) is 4.78. The number of aromatic nitrogens is 1. The molecule has 0 aliphatic carbocycles. The number of hydrogen-bond donors (Lipinski definition) is 3. The summed E-state index contributed by atoms with van der Waals surface area (Å²) in [5.41, 5.74) is -0.217. The minimum atomic E-state index is -0.910. The van der Waals surface area contributed by atoms with Crippen LogP contribution in [0.4, 0.5) is 5.82 Å². The van der Waals surface area contributed by atoms with Gasteiger partial charge in [-0.2, -0.15) is 0 Å². The van der Waals surface area contributed by atoms with Crippen LogP contribution >= 0.6 is 0 Å². The average Bonchev–Trinajstić information content (AvgIpc) is 2.43. The molecule has 0 fully saturated rings. The summed E-state index contributed by atoms with van der Waals surface area (Å²) in [6.07, 6.45) is 2.28. The number of pyridine rings is 1. The first-order valence-corrected chi connectivity index (χ1v) is 6.73. The zero-order valence-electron chi connectivity index (χ0n) is 11.3. The zero-order chi connectivity index (χ0) is 14.5. The van der Waals surface area contributed by atoms with E-state index >= 15 is 0 Å². The van der Waals surface area contributed by atoms with Gasteiger partial charge in [0.05, 0.1) is 0 Å². The maximum atomic E-state index is 11.9. The molecule has 1 aromatic heterocycles. The number of fused-ring (bicyclic) bond motifs is 1. The number of anilines is 1. The Kier molecular flexibility index (Phi) is 4.40. The van der Waals surface area contributed by atoms with E-state index < -0.39 is 12.0 Å². The van der Waals surface area contributed by atoms with Crippen molar-refractivity contribution in [3.05, 3.63) is 40.7 Å². The van der Waals surface area contributed by atoms with E-state index in [-0.39, 0.29) is 5.56 Å². The monoisotopic (exact) mass is 274 g/mol. The molecule has 106 valence electrons. The fraction of sp³-hybridized carbons (Fsp3) is 0.333. The second kappa shape index (κ2) is 6.23. The summed E-state index contributed by atoms with van der Waals surface area (Å²) in [7, 11) is 0. The number of rotatable bonds is 6. The molecule has 0 aliphatic rings. The third kappa shape index (κ3) is 3.17. The Labute approximate surface area is 116 Å². The minimum absolute atomic E-state index is 0.217. The first kappa shape index (κ1) is 14.1. The topological polar surface area (TPSA) is 82.2 Å². The molecule has 0 aliphatic heterocycles. The molecule has 20 heavy (non-hydrogen) atoms. The van der Waals surface area contributed by atoms with Gasteiger partial charge < -0.3 is 15.4 Å². The van der Waals surface area contributed by atoms with E-state index in [9.17, 15) is 14.7 Å². The lowest BCUT2D eigenvalue weighted by atomic mass is 10.1. The van der Waals surface area contributed by atoms with Gasteiger partial charge in [0.25, 0.3) is 5.56 Å². The number of benzene rings is 1. The van der Waals surface area contributed by atoms with Crippen LogP contribution < -0.4 is 10.9 Å². The molecule has 1 unspecified atom stereocenters. The van der Waals surface area contributed by atoms with E-state index in [1.807, 2.05) is 19.1 Å². The van der Waals surface area contributed by atoms with Crippen LogP contribution in [0.15, 0.2) is 35.1 Å². The van der Waals surface area contributed by atoms with Crippen LogP contribution in [0.25, 0.3) is 10.8 Å². The number of hydrogen-bond acceptors (Lipinski definition) is 3. The highest BCUT2D eigenvalue weighted by Crippen LogP contribution is 2.14. The molecule has 0 saturated heterocycles. The molecule has 0 saturated carbocycles. The molecule has 3 N–H and O–H groups in total. The number of aromatic amines is 1. The standard InChI is InChI=1S/C15H18N2O3/c1-2-3-8-12(15(19)20)16-13-9-10-6-4-5-7-11(10)14(18)17-13/h4-7,9,12H,2-3,8H2,1H3,(H,19,20)(H2,16,17,18). The molecule has 1 atom stereocenters. The van der Waals surface area contributed by atoms with Crippen molar-refractivity contribution >= 4 is 22.6 Å². The van der Waals surface area contributed by atoms with Gasteiger partial charge in [-0.25, -0.2) is 4.79 Å². The summed E-state index contributed by atoms with van der Waals surface area (Å²) >= 11 is 0. The normalized spacial score (nSPS) is 12.2. The van der Waals surface area contributed by atoms with Gasteiger partial charge in [0, 0.05) is 5.39 Å². The van der Waals surface area contributed by atoms with Crippen LogP contribution in [-0.4, -0.2) is 22.1 Å². The average molecular weight is 274 g/mol.